The van der Waals surface area contributed by atoms with Crippen molar-refractivity contribution in [2.45, 2.75) is 83.8 Å². The molecule has 0 radical (unpaired) electrons. The molecule has 3 aromatic rings. The molecule has 2 atom stereocenters. The minimum atomic E-state index is -1.32. The van der Waals surface area contributed by atoms with E-state index < -0.39 is 30.6 Å². The van der Waals surface area contributed by atoms with Crippen molar-refractivity contribution in [3.05, 3.63) is 52.3 Å². The minimum Gasteiger partial charge on any atom is -0.362 e. The Morgan fingerprint density at radius 3 is 2.59 bits per heavy atom. The third-order valence-electron chi connectivity index (χ3n) is 7.80. The van der Waals surface area contributed by atoms with E-state index in [0.717, 1.165) is 30.9 Å². The van der Waals surface area contributed by atoms with Crippen LogP contribution in [0.2, 0.25) is 30.7 Å². The lowest BCUT2D eigenvalue weighted by atomic mass is 9.90. The average molecular weight is 649 g/mol. The first-order valence-corrected chi connectivity index (χ1v) is 19.2. The molecule has 14 heteroatoms. The summed E-state index contributed by atoms with van der Waals surface area (Å²) >= 11 is 5.67. The van der Waals surface area contributed by atoms with Gasteiger partial charge in [0.05, 0.1) is 19.0 Å². The van der Waals surface area contributed by atoms with E-state index >= 15 is 0 Å². The van der Waals surface area contributed by atoms with Gasteiger partial charge in [-0.15, -0.1) is 19.2 Å². The maximum Gasteiger partial charge on any atom is 0.233 e. The summed E-state index contributed by atoms with van der Waals surface area (Å²) < 4.78 is 47.6. The number of amides is 1. The van der Waals surface area contributed by atoms with E-state index in [9.17, 15) is 13.6 Å². The van der Waals surface area contributed by atoms with Crippen LogP contribution in [-0.4, -0.2) is 65.0 Å². The molecule has 2 saturated heterocycles. The maximum atomic E-state index is 14.1. The van der Waals surface area contributed by atoms with Gasteiger partial charge in [-0.2, -0.15) is 34.8 Å². The highest BCUT2D eigenvalue weighted by molar-refractivity contribution is 6.76. The summed E-state index contributed by atoms with van der Waals surface area (Å²) in [6.07, 6.45) is 7.26. The zero-order chi connectivity index (χ0) is 31.3. The highest BCUT2D eigenvalue weighted by Gasteiger charge is 2.34. The zero-order valence-corrected chi connectivity index (χ0v) is 27.2. The number of hydrogen-bond donors (Lipinski definition) is 0. The molecule has 2 fully saturated rings. The normalized spacial score (nSPS) is 19.5. The Morgan fingerprint density at radius 2 is 1.86 bits per heavy atom. The van der Waals surface area contributed by atoms with E-state index in [1.807, 2.05) is 0 Å². The van der Waals surface area contributed by atoms with Gasteiger partial charge in [0.2, 0.25) is 11.9 Å². The highest BCUT2D eigenvalue weighted by atomic mass is 35.5. The molecule has 1 aromatic carbocycles. The summed E-state index contributed by atoms with van der Waals surface area (Å²) in [5, 5.41) is 12.3. The monoisotopic (exact) mass is 648 g/mol. The predicted octanol–water partition coefficient (Wildman–Crippen LogP) is 6.01. The number of halogens is 3. The molecule has 239 valence electrons. The van der Waals surface area contributed by atoms with Crippen molar-refractivity contribution in [1.82, 2.24) is 25.0 Å². The van der Waals surface area contributed by atoms with Crippen molar-refractivity contribution in [3.8, 4) is 11.4 Å². The van der Waals surface area contributed by atoms with Gasteiger partial charge >= 0.3 is 0 Å². The number of ether oxygens (including phenoxy) is 3. The molecular weight excluding hydrogens is 610 g/mol. The second-order valence-corrected chi connectivity index (χ2v) is 18.5. The third kappa shape index (κ3) is 8.24. The topological polar surface area (TPSA) is 104 Å². The molecular formula is C30H39ClF2N6O4Si-. The van der Waals surface area contributed by atoms with Crippen LogP contribution in [0.25, 0.3) is 11.4 Å². The fourth-order valence-electron chi connectivity index (χ4n) is 5.30. The Bertz CT molecular complexity index is 1430. The first-order chi connectivity index (χ1) is 21.1. The van der Waals surface area contributed by atoms with Gasteiger partial charge < -0.3 is 14.2 Å². The van der Waals surface area contributed by atoms with Crippen molar-refractivity contribution in [3.63, 3.8) is 0 Å². The standard InChI is InChI=1S/C30H39ClF2N6O4Si/c1-44(2,3)12-11-41-19-39-30(38-9-6-7-21(29(38)40)13-20-14-24(32)27(31)25(33)15-20)36-28(37-39)23-17-35-34-16-22(23)18-43-26-8-4-5-10-42-26/h14-17,21,26H,4-13,18-19H2,1-3H3/q-1. The summed E-state index contributed by atoms with van der Waals surface area (Å²) in [5.74, 6) is -1.67. The molecule has 0 N–H and O–H groups in total. The lowest BCUT2D eigenvalue weighted by Crippen LogP contribution is -2.43. The largest absolute Gasteiger partial charge is 0.362 e. The van der Waals surface area contributed by atoms with Gasteiger partial charge in [-0.05, 0) is 56.2 Å². The van der Waals surface area contributed by atoms with Crippen molar-refractivity contribution in [2.75, 3.05) is 24.7 Å². The molecule has 1 amide bonds. The number of carbonyl (C=O) groups excluding carboxylic acids is 1. The van der Waals surface area contributed by atoms with Gasteiger partial charge in [-0.25, -0.2) is 13.5 Å². The van der Waals surface area contributed by atoms with Crippen molar-refractivity contribution in [1.29, 1.82) is 0 Å². The van der Waals surface area contributed by atoms with Gasteiger partial charge in [0.1, 0.15) is 23.4 Å². The molecule has 2 unspecified atom stereocenters. The van der Waals surface area contributed by atoms with E-state index in [1.165, 1.54) is 12.1 Å². The number of piperidine rings is 1. The number of benzene rings is 1. The van der Waals surface area contributed by atoms with E-state index in [1.54, 1.807) is 22.0 Å². The van der Waals surface area contributed by atoms with Crippen molar-refractivity contribution >= 4 is 31.5 Å². The number of carbonyl (C=O) groups is 1. The quantitative estimate of drug-likeness (QED) is 0.134. The molecule has 0 bridgehead atoms. The van der Waals surface area contributed by atoms with Gasteiger partial charge in [-0.1, -0.05) is 11.6 Å². The summed E-state index contributed by atoms with van der Waals surface area (Å²) in [7, 11) is -1.32. The molecule has 0 saturated carbocycles. The first-order valence-electron chi connectivity index (χ1n) is 15.1. The zero-order valence-electron chi connectivity index (χ0n) is 25.4. The summed E-state index contributed by atoms with van der Waals surface area (Å²) in [5.41, 5.74) is 1.74. The fraction of sp³-hybridized carbons (Fsp3) is 0.567. The van der Waals surface area contributed by atoms with Crippen LogP contribution >= 0.6 is 11.6 Å². The fourth-order valence-corrected chi connectivity index (χ4v) is 6.17. The van der Waals surface area contributed by atoms with E-state index in [2.05, 4.69) is 29.8 Å². The van der Waals surface area contributed by atoms with Gasteiger partial charge in [0.25, 0.3) is 0 Å². The maximum absolute atomic E-state index is 14.1. The Balaban J connectivity index is 1.40. The molecule has 2 aliphatic heterocycles. The molecule has 0 aliphatic carbocycles. The second kappa shape index (κ2) is 14.5. The summed E-state index contributed by atoms with van der Waals surface area (Å²) in [6, 6.07) is 3.34. The molecule has 0 spiro atoms. The van der Waals surface area contributed by atoms with Crippen LogP contribution in [0.1, 0.15) is 43.2 Å². The lowest BCUT2D eigenvalue weighted by molar-refractivity contribution is -0.168. The number of aromatic nitrogens is 5. The third-order valence-corrected chi connectivity index (χ3v) is 9.86. The molecule has 4 heterocycles. The summed E-state index contributed by atoms with van der Waals surface area (Å²) in [4.78, 5) is 20.2. The van der Waals surface area contributed by atoms with Crippen LogP contribution in [0.4, 0.5) is 14.7 Å². The Kier molecular flexibility index (Phi) is 10.7. The van der Waals surface area contributed by atoms with Crippen LogP contribution in [0.3, 0.4) is 0 Å². The van der Waals surface area contributed by atoms with Gasteiger partial charge in [0, 0.05) is 36.8 Å². The Labute approximate surface area is 262 Å². The van der Waals surface area contributed by atoms with E-state index in [-0.39, 0.29) is 32.0 Å². The molecule has 44 heavy (non-hydrogen) atoms. The van der Waals surface area contributed by atoms with Crippen LogP contribution in [0.5, 0.6) is 0 Å². The number of nitrogens with zero attached hydrogens (tertiary/aromatic N) is 6. The van der Waals surface area contributed by atoms with Crippen LogP contribution in [0, 0.1) is 17.6 Å². The average Bonchev–Trinajstić information content (AvgIpc) is 3.42. The van der Waals surface area contributed by atoms with Crippen molar-refractivity contribution < 1.29 is 27.8 Å². The molecule has 5 rings (SSSR count). The highest BCUT2D eigenvalue weighted by Crippen LogP contribution is 2.30. The number of rotatable bonds is 12. The second-order valence-electron chi connectivity index (χ2n) is 12.5. The van der Waals surface area contributed by atoms with Gasteiger partial charge in [0.15, 0.2) is 12.1 Å². The van der Waals surface area contributed by atoms with Gasteiger partial charge in [-0.3, -0.25) is 9.69 Å². The lowest BCUT2D eigenvalue weighted by Gasteiger charge is -2.31. The molecule has 2 aliphatic rings. The van der Waals surface area contributed by atoms with E-state index in [0.29, 0.717) is 55.5 Å². The number of anilines is 1. The minimum absolute atomic E-state index is 0.106. The van der Waals surface area contributed by atoms with Crippen LogP contribution < -0.4 is 4.90 Å². The van der Waals surface area contributed by atoms with Crippen LogP contribution in [-0.2, 0) is 38.8 Å². The predicted molar refractivity (Wildman–Crippen MR) is 164 cm³/mol. The van der Waals surface area contributed by atoms with Crippen molar-refractivity contribution in [2.24, 2.45) is 5.92 Å². The Hall–Kier alpha value is -2.84. The van der Waals surface area contributed by atoms with E-state index in [4.69, 9.17) is 35.9 Å². The smallest absolute Gasteiger partial charge is 0.233 e. The van der Waals surface area contributed by atoms with Crippen LogP contribution in [0.15, 0.2) is 24.5 Å². The SMILES string of the molecule is C[Si-](C)(C)CCOCn1nc(-c2cnncc2COC2CCCCO2)nc1N1CCCC(Cc2cc(F)c(Cl)c(F)c2)C1=O. The Morgan fingerprint density at radius 1 is 1.09 bits per heavy atom. The number of hydrogen-bond acceptors (Lipinski definition) is 8. The molecule has 2 aromatic heterocycles. The molecule has 10 nitrogen and oxygen atoms in total. The first kappa shape index (κ1) is 32.5. The summed E-state index contributed by atoms with van der Waals surface area (Å²) in [6.45, 7) is 8.84.